The van der Waals surface area contributed by atoms with E-state index in [1.54, 1.807) is 14.2 Å². The molecule has 0 saturated carbocycles. The molecule has 2 aromatic rings. The summed E-state index contributed by atoms with van der Waals surface area (Å²) in [7, 11) is 3.30. The SMILES string of the molecule is COc1ccc(N=C(C)Nc2ccc(OC)cc2)cc1. The second-order valence-electron chi connectivity index (χ2n) is 4.25. The maximum atomic E-state index is 5.12. The minimum Gasteiger partial charge on any atom is -0.497 e. The molecule has 0 heterocycles. The number of amidine groups is 1. The zero-order valence-electron chi connectivity index (χ0n) is 11.9. The van der Waals surface area contributed by atoms with Crippen molar-refractivity contribution < 1.29 is 9.47 Å². The van der Waals surface area contributed by atoms with E-state index in [4.69, 9.17) is 9.47 Å². The van der Waals surface area contributed by atoms with Gasteiger partial charge >= 0.3 is 0 Å². The van der Waals surface area contributed by atoms with Crippen LogP contribution in [0.4, 0.5) is 11.4 Å². The van der Waals surface area contributed by atoms with Crippen molar-refractivity contribution in [2.45, 2.75) is 6.92 Å². The minimum atomic E-state index is 0.820. The largest absolute Gasteiger partial charge is 0.497 e. The number of benzene rings is 2. The summed E-state index contributed by atoms with van der Waals surface area (Å²) in [6.45, 7) is 1.93. The van der Waals surface area contributed by atoms with E-state index in [-0.39, 0.29) is 0 Å². The predicted octanol–water partition coefficient (Wildman–Crippen LogP) is 3.87. The van der Waals surface area contributed by atoms with Gasteiger partial charge in [0.2, 0.25) is 0 Å². The van der Waals surface area contributed by atoms with E-state index in [9.17, 15) is 0 Å². The Bertz CT molecular complexity index is 574. The Kier molecular flexibility index (Phi) is 4.60. The highest BCUT2D eigenvalue weighted by Crippen LogP contribution is 2.19. The average molecular weight is 270 g/mol. The number of hydrogen-bond donors (Lipinski definition) is 1. The van der Waals surface area contributed by atoms with Gasteiger partial charge in [0.05, 0.1) is 19.9 Å². The van der Waals surface area contributed by atoms with E-state index in [1.807, 2.05) is 55.5 Å². The number of nitrogens with one attached hydrogen (secondary N) is 1. The molecule has 0 aromatic heterocycles. The van der Waals surface area contributed by atoms with Crippen LogP contribution in [0.15, 0.2) is 53.5 Å². The summed E-state index contributed by atoms with van der Waals surface area (Å²) < 4.78 is 10.2. The number of ether oxygens (including phenoxy) is 2. The lowest BCUT2D eigenvalue weighted by molar-refractivity contribution is 0.415. The van der Waals surface area contributed by atoms with Crippen LogP contribution in [0.5, 0.6) is 11.5 Å². The molecule has 0 fully saturated rings. The molecule has 0 aliphatic rings. The molecule has 0 atom stereocenters. The second-order valence-corrected chi connectivity index (χ2v) is 4.25. The molecule has 4 heteroatoms. The van der Waals surface area contributed by atoms with Crippen molar-refractivity contribution in [1.82, 2.24) is 0 Å². The summed E-state index contributed by atoms with van der Waals surface area (Å²) in [6.07, 6.45) is 0. The molecule has 0 aliphatic carbocycles. The lowest BCUT2D eigenvalue weighted by atomic mass is 10.3. The Balaban J connectivity index is 2.05. The maximum absolute atomic E-state index is 5.12. The van der Waals surface area contributed by atoms with Gasteiger partial charge in [-0.15, -0.1) is 0 Å². The van der Waals surface area contributed by atoms with E-state index in [0.717, 1.165) is 28.7 Å². The Hall–Kier alpha value is -2.49. The fourth-order valence-electron chi connectivity index (χ4n) is 1.76. The molecule has 0 amide bonds. The first kappa shape index (κ1) is 13.9. The molecule has 1 N–H and O–H groups in total. The van der Waals surface area contributed by atoms with Crippen LogP contribution >= 0.6 is 0 Å². The van der Waals surface area contributed by atoms with Gasteiger partial charge in [0.1, 0.15) is 17.3 Å². The molecule has 0 bridgehead atoms. The monoisotopic (exact) mass is 270 g/mol. The van der Waals surface area contributed by atoms with Gasteiger partial charge in [-0.3, -0.25) is 0 Å². The van der Waals surface area contributed by atoms with Gasteiger partial charge in [0, 0.05) is 5.69 Å². The molecule has 0 aliphatic heterocycles. The minimum absolute atomic E-state index is 0.820. The zero-order valence-corrected chi connectivity index (χ0v) is 11.9. The highest BCUT2D eigenvalue weighted by Gasteiger charge is 1.97. The van der Waals surface area contributed by atoms with E-state index in [1.165, 1.54) is 0 Å². The molecule has 20 heavy (non-hydrogen) atoms. The average Bonchev–Trinajstić information content (AvgIpc) is 2.49. The third-order valence-electron chi connectivity index (χ3n) is 2.78. The third kappa shape index (κ3) is 3.75. The molecule has 0 saturated heterocycles. The zero-order chi connectivity index (χ0) is 14.4. The van der Waals surface area contributed by atoms with Gasteiger partial charge in [-0.25, -0.2) is 4.99 Å². The van der Waals surface area contributed by atoms with Gasteiger partial charge < -0.3 is 14.8 Å². The van der Waals surface area contributed by atoms with Crippen LogP contribution in [0.25, 0.3) is 0 Å². The molecule has 0 radical (unpaired) electrons. The Labute approximate surface area is 119 Å². The second kappa shape index (κ2) is 6.61. The van der Waals surface area contributed by atoms with Crippen molar-refractivity contribution in [3.05, 3.63) is 48.5 Å². The van der Waals surface area contributed by atoms with E-state index in [2.05, 4.69) is 10.3 Å². The molecular weight excluding hydrogens is 252 g/mol. The highest BCUT2D eigenvalue weighted by atomic mass is 16.5. The summed E-state index contributed by atoms with van der Waals surface area (Å²) in [5, 5.41) is 3.23. The first-order valence-corrected chi connectivity index (χ1v) is 6.31. The molecular formula is C16H18N2O2. The van der Waals surface area contributed by atoms with Crippen molar-refractivity contribution in [3.8, 4) is 11.5 Å². The summed E-state index contributed by atoms with van der Waals surface area (Å²) >= 11 is 0. The lowest BCUT2D eigenvalue weighted by Gasteiger charge is -2.07. The quantitative estimate of drug-likeness (QED) is 0.677. The number of methoxy groups -OCH3 is 2. The van der Waals surface area contributed by atoms with Crippen molar-refractivity contribution in [1.29, 1.82) is 0 Å². The Morgan fingerprint density at radius 2 is 1.35 bits per heavy atom. The van der Waals surface area contributed by atoms with Crippen LogP contribution < -0.4 is 14.8 Å². The summed E-state index contributed by atoms with van der Waals surface area (Å²) in [6, 6.07) is 15.3. The topological polar surface area (TPSA) is 42.8 Å². The standard InChI is InChI=1S/C16H18N2O2/c1-12(17-13-4-8-15(19-2)9-5-13)18-14-6-10-16(20-3)11-7-14/h4-11H,1-3H3,(H,17,18). The first-order chi connectivity index (χ1) is 9.71. The van der Waals surface area contributed by atoms with Crippen molar-refractivity contribution in [3.63, 3.8) is 0 Å². The van der Waals surface area contributed by atoms with Crippen LogP contribution in [-0.4, -0.2) is 20.1 Å². The van der Waals surface area contributed by atoms with E-state index >= 15 is 0 Å². The number of rotatable bonds is 4. The molecule has 2 aromatic carbocycles. The van der Waals surface area contributed by atoms with Crippen LogP contribution in [0.1, 0.15) is 6.92 Å². The molecule has 4 nitrogen and oxygen atoms in total. The van der Waals surface area contributed by atoms with Gasteiger partial charge in [-0.2, -0.15) is 0 Å². The lowest BCUT2D eigenvalue weighted by Crippen LogP contribution is -2.06. The number of hydrogen-bond acceptors (Lipinski definition) is 3. The summed E-state index contributed by atoms with van der Waals surface area (Å²) in [5.74, 6) is 2.48. The van der Waals surface area contributed by atoms with Crippen molar-refractivity contribution in [2.24, 2.45) is 4.99 Å². The number of aliphatic imine (C=N–C) groups is 1. The molecule has 104 valence electrons. The molecule has 0 unspecified atom stereocenters. The third-order valence-corrected chi connectivity index (χ3v) is 2.78. The summed E-state index contributed by atoms with van der Waals surface area (Å²) in [4.78, 5) is 4.49. The Morgan fingerprint density at radius 1 is 0.850 bits per heavy atom. The maximum Gasteiger partial charge on any atom is 0.119 e. The first-order valence-electron chi connectivity index (χ1n) is 6.31. The van der Waals surface area contributed by atoms with Crippen LogP contribution in [-0.2, 0) is 0 Å². The molecule has 0 spiro atoms. The van der Waals surface area contributed by atoms with E-state index < -0.39 is 0 Å². The van der Waals surface area contributed by atoms with Crippen LogP contribution in [0.3, 0.4) is 0 Å². The summed E-state index contributed by atoms with van der Waals surface area (Å²) in [5.41, 5.74) is 1.85. The molecule has 2 rings (SSSR count). The van der Waals surface area contributed by atoms with Gasteiger partial charge in [-0.1, -0.05) is 0 Å². The number of anilines is 1. The van der Waals surface area contributed by atoms with Crippen molar-refractivity contribution >= 4 is 17.2 Å². The smallest absolute Gasteiger partial charge is 0.119 e. The predicted molar refractivity (Wildman–Crippen MR) is 82.4 cm³/mol. The van der Waals surface area contributed by atoms with E-state index in [0.29, 0.717) is 0 Å². The van der Waals surface area contributed by atoms with Gasteiger partial charge in [0.25, 0.3) is 0 Å². The highest BCUT2D eigenvalue weighted by molar-refractivity contribution is 5.95. The van der Waals surface area contributed by atoms with Crippen LogP contribution in [0, 0.1) is 0 Å². The number of nitrogens with zero attached hydrogens (tertiary/aromatic N) is 1. The normalized spacial score (nSPS) is 11.1. The van der Waals surface area contributed by atoms with Gasteiger partial charge in [-0.05, 0) is 55.5 Å². The van der Waals surface area contributed by atoms with Crippen LogP contribution in [0.2, 0.25) is 0 Å². The van der Waals surface area contributed by atoms with Crippen molar-refractivity contribution in [2.75, 3.05) is 19.5 Å². The Morgan fingerprint density at radius 3 is 1.85 bits per heavy atom. The fraction of sp³-hybridized carbons (Fsp3) is 0.188. The fourth-order valence-corrected chi connectivity index (χ4v) is 1.76. The van der Waals surface area contributed by atoms with Gasteiger partial charge in [0.15, 0.2) is 0 Å².